The van der Waals surface area contributed by atoms with Crippen LogP contribution in [-0.2, 0) is 11.3 Å². The Labute approximate surface area is 154 Å². The maximum atomic E-state index is 12.9. The van der Waals surface area contributed by atoms with Crippen molar-refractivity contribution in [2.45, 2.75) is 32.2 Å². The lowest BCUT2D eigenvalue weighted by molar-refractivity contribution is -0.137. The topological polar surface area (TPSA) is 67.2 Å². The summed E-state index contributed by atoms with van der Waals surface area (Å²) >= 11 is 0. The predicted molar refractivity (Wildman–Crippen MR) is 98.5 cm³/mol. The molecule has 7 heteroatoms. The summed E-state index contributed by atoms with van der Waals surface area (Å²) in [5, 5.41) is 11.3. The molecule has 0 radical (unpaired) electrons. The van der Waals surface area contributed by atoms with Crippen molar-refractivity contribution in [3.63, 3.8) is 0 Å². The number of tetrazole rings is 1. The molecular formula is C19H26N6O. The van der Waals surface area contributed by atoms with E-state index >= 15 is 0 Å². The summed E-state index contributed by atoms with van der Waals surface area (Å²) < 4.78 is 1.80. The van der Waals surface area contributed by atoms with Crippen LogP contribution >= 0.6 is 0 Å². The zero-order valence-corrected chi connectivity index (χ0v) is 15.1. The zero-order chi connectivity index (χ0) is 17.8. The number of carbonyl (C=O) groups excluding carboxylic acids is 1. The van der Waals surface area contributed by atoms with Gasteiger partial charge in [0.25, 0.3) is 0 Å². The predicted octanol–water partition coefficient (Wildman–Crippen LogP) is 1.83. The van der Waals surface area contributed by atoms with Crippen molar-refractivity contribution in [3.05, 3.63) is 36.7 Å². The third-order valence-electron chi connectivity index (χ3n) is 5.75. The highest BCUT2D eigenvalue weighted by Gasteiger charge is 2.31. The van der Waals surface area contributed by atoms with Gasteiger partial charge in [-0.3, -0.25) is 4.79 Å². The van der Waals surface area contributed by atoms with Gasteiger partial charge in [-0.2, -0.15) is 0 Å². The van der Waals surface area contributed by atoms with E-state index in [-0.39, 0.29) is 5.92 Å². The lowest BCUT2D eigenvalue weighted by Crippen LogP contribution is -2.50. The van der Waals surface area contributed by atoms with Gasteiger partial charge in [0.05, 0.1) is 0 Å². The van der Waals surface area contributed by atoms with Crippen LogP contribution in [0.5, 0.6) is 0 Å². The van der Waals surface area contributed by atoms with Crippen LogP contribution < -0.4 is 4.90 Å². The van der Waals surface area contributed by atoms with E-state index < -0.39 is 0 Å². The van der Waals surface area contributed by atoms with Gasteiger partial charge in [-0.25, -0.2) is 4.68 Å². The third kappa shape index (κ3) is 3.86. The van der Waals surface area contributed by atoms with Crippen LogP contribution in [0.2, 0.25) is 0 Å². The van der Waals surface area contributed by atoms with E-state index in [9.17, 15) is 4.79 Å². The molecule has 1 amide bonds. The van der Waals surface area contributed by atoms with Gasteiger partial charge in [0.1, 0.15) is 6.33 Å². The van der Waals surface area contributed by atoms with Crippen molar-refractivity contribution in [3.8, 4) is 0 Å². The monoisotopic (exact) mass is 354 g/mol. The maximum absolute atomic E-state index is 12.9. The van der Waals surface area contributed by atoms with E-state index in [1.165, 1.54) is 5.69 Å². The summed E-state index contributed by atoms with van der Waals surface area (Å²) in [5.41, 5.74) is 1.25. The molecule has 26 heavy (non-hydrogen) atoms. The molecule has 0 unspecified atom stereocenters. The van der Waals surface area contributed by atoms with Crippen LogP contribution in [0.1, 0.15) is 25.7 Å². The molecule has 4 rings (SSSR count). The Morgan fingerprint density at radius 1 is 1.00 bits per heavy atom. The average Bonchev–Trinajstić information content (AvgIpc) is 3.22. The number of rotatable bonds is 4. The van der Waals surface area contributed by atoms with Crippen molar-refractivity contribution in [1.82, 2.24) is 25.1 Å². The number of aromatic nitrogens is 4. The van der Waals surface area contributed by atoms with Crippen molar-refractivity contribution in [2.24, 2.45) is 11.8 Å². The fourth-order valence-electron chi connectivity index (χ4n) is 4.20. The molecule has 1 aromatic heterocycles. The fourth-order valence-corrected chi connectivity index (χ4v) is 4.20. The SMILES string of the molecule is O=C(C1CCC(Cn2cnnn2)CC1)N1CCN(c2ccccc2)CC1. The van der Waals surface area contributed by atoms with Gasteiger partial charge in [0, 0.05) is 44.3 Å². The average molecular weight is 354 g/mol. The minimum absolute atomic E-state index is 0.198. The molecule has 2 aliphatic rings. The number of amides is 1. The van der Waals surface area contributed by atoms with E-state index in [0.717, 1.165) is 58.4 Å². The van der Waals surface area contributed by atoms with Gasteiger partial charge < -0.3 is 9.80 Å². The van der Waals surface area contributed by atoms with E-state index in [2.05, 4.69) is 49.6 Å². The molecule has 2 fully saturated rings. The van der Waals surface area contributed by atoms with Crippen LogP contribution in [0.3, 0.4) is 0 Å². The lowest BCUT2D eigenvalue weighted by atomic mass is 9.81. The molecule has 1 aliphatic carbocycles. The quantitative estimate of drug-likeness (QED) is 0.838. The van der Waals surface area contributed by atoms with E-state index in [1.54, 1.807) is 11.0 Å². The van der Waals surface area contributed by atoms with E-state index in [4.69, 9.17) is 0 Å². The van der Waals surface area contributed by atoms with Crippen LogP contribution in [0, 0.1) is 11.8 Å². The minimum atomic E-state index is 0.198. The molecule has 0 spiro atoms. The number of benzene rings is 1. The number of anilines is 1. The highest BCUT2D eigenvalue weighted by Crippen LogP contribution is 2.31. The Morgan fingerprint density at radius 3 is 2.38 bits per heavy atom. The minimum Gasteiger partial charge on any atom is -0.368 e. The number of nitrogens with zero attached hydrogens (tertiary/aromatic N) is 6. The maximum Gasteiger partial charge on any atom is 0.225 e. The van der Waals surface area contributed by atoms with Crippen molar-refractivity contribution >= 4 is 11.6 Å². The molecule has 138 valence electrons. The summed E-state index contributed by atoms with van der Waals surface area (Å²) in [7, 11) is 0. The number of hydrogen-bond acceptors (Lipinski definition) is 5. The van der Waals surface area contributed by atoms with Gasteiger partial charge in [-0.1, -0.05) is 18.2 Å². The molecule has 1 aliphatic heterocycles. The smallest absolute Gasteiger partial charge is 0.225 e. The number of carbonyl (C=O) groups is 1. The first-order valence-corrected chi connectivity index (χ1v) is 9.59. The molecule has 1 saturated heterocycles. The molecule has 0 bridgehead atoms. The molecule has 0 N–H and O–H groups in total. The highest BCUT2D eigenvalue weighted by atomic mass is 16.2. The molecular weight excluding hydrogens is 328 g/mol. The van der Waals surface area contributed by atoms with Crippen molar-refractivity contribution in [1.29, 1.82) is 0 Å². The van der Waals surface area contributed by atoms with Gasteiger partial charge in [0.15, 0.2) is 0 Å². The zero-order valence-electron chi connectivity index (χ0n) is 15.1. The lowest BCUT2D eigenvalue weighted by Gasteiger charge is -2.38. The molecule has 0 atom stereocenters. The first-order valence-electron chi connectivity index (χ1n) is 9.59. The Bertz CT molecular complexity index is 688. The highest BCUT2D eigenvalue weighted by molar-refractivity contribution is 5.79. The van der Waals surface area contributed by atoms with Crippen LogP contribution in [0.4, 0.5) is 5.69 Å². The molecule has 2 heterocycles. The van der Waals surface area contributed by atoms with Crippen molar-refractivity contribution < 1.29 is 4.79 Å². The van der Waals surface area contributed by atoms with Crippen LogP contribution in [0.25, 0.3) is 0 Å². The fraction of sp³-hybridized carbons (Fsp3) is 0.579. The second-order valence-electron chi connectivity index (χ2n) is 7.40. The second-order valence-corrected chi connectivity index (χ2v) is 7.40. The summed E-state index contributed by atoms with van der Waals surface area (Å²) in [4.78, 5) is 17.3. The summed E-state index contributed by atoms with van der Waals surface area (Å²) in [6, 6.07) is 10.5. The van der Waals surface area contributed by atoms with Crippen molar-refractivity contribution in [2.75, 3.05) is 31.1 Å². The summed E-state index contributed by atoms with van der Waals surface area (Å²) in [5.74, 6) is 1.14. The molecule has 7 nitrogen and oxygen atoms in total. The van der Waals surface area contributed by atoms with Gasteiger partial charge in [-0.15, -0.1) is 5.10 Å². The second kappa shape index (κ2) is 7.85. The van der Waals surface area contributed by atoms with Gasteiger partial charge >= 0.3 is 0 Å². The third-order valence-corrected chi connectivity index (χ3v) is 5.75. The first-order chi connectivity index (χ1) is 12.8. The Balaban J connectivity index is 1.24. The standard InChI is InChI=1S/C19H26N6O/c26-19(17-8-6-16(7-9-17)14-25-15-20-21-22-25)24-12-10-23(11-13-24)18-4-2-1-3-5-18/h1-5,15-17H,6-14H2. The Kier molecular flexibility index (Phi) is 5.13. The number of para-hydroxylation sites is 1. The molecule has 1 aromatic carbocycles. The Morgan fingerprint density at radius 2 is 1.73 bits per heavy atom. The van der Waals surface area contributed by atoms with Gasteiger partial charge in [-0.05, 0) is 54.2 Å². The number of hydrogen-bond donors (Lipinski definition) is 0. The molecule has 1 saturated carbocycles. The van der Waals surface area contributed by atoms with Gasteiger partial charge in [0.2, 0.25) is 5.91 Å². The normalized spacial score (nSPS) is 23.8. The summed E-state index contributed by atoms with van der Waals surface area (Å²) in [6.45, 7) is 4.37. The first kappa shape index (κ1) is 17.0. The van der Waals surface area contributed by atoms with E-state index in [1.807, 2.05) is 6.07 Å². The van der Waals surface area contributed by atoms with Crippen LogP contribution in [-0.4, -0.2) is 57.2 Å². The van der Waals surface area contributed by atoms with E-state index in [0.29, 0.717) is 11.8 Å². The van der Waals surface area contributed by atoms with Crippen LogP contribution in [0.15, 0.2) is 36.7 Å². The molecule has 2 aromatic rings. The summed E-state index contributed by atoms with van der Waals surface area (Å²) in [6.07, 6.45) is 5.82. The number of piperazine rings is 1. The largest absolute Gasteiger partial charge is 0.368 e. The Hall–Kier alpha value is -2.44.